The number of sulfonamides is 1. The molecule has 6 nitrogen and oxygen atoms in total. The third-order valence-corrected chi connectivity index (χ3v) is 3.07. The van der Waals surface area contributed by atoms with Crippen molar-refractivity contribution in [3.63, 3.8) is 0 Å². The standard InChI is InChI=1S/C8H19N3O3S/c1-2-3-5-10-6-4-7-15(13,14)11-8(9)12/h10H,2-7H2,1H3,(H3,9,11,12). The lowest BCUT2D eigenvalue weighted by Gasteiger charge is -2.05. The van der Waals surface area contributed by atoms with Crippen molar-refractivity contribution in [3.8, 4) is 0 Å². The van der Waals surface area contributed by atoms with E-state index in [1.165, 1.54) is 0 Å². The smallest absolute Gasteiger partial charge is 0.325 e. The molecule has 0 fully saturated rings. The average molecular weight is 237 g/mol. The summed E-state index contributed by atoms with van der Waals surface area (Å²) in [6, 6.07) is -1.03. The molecule has 0 atom stereocenters. The molecule has 2 amide bonds. The normalized spacial score (nSPS) is 11.3. The monoisotopic (exact) mass is 237 g/mol. The van der Waals surface area contributed by atoms with Crippen molar-refractivity contribution in [2.75, 3.05) is 18.8 Å². The van der Waals surface area contributed by atoms with E-state index in [1.54, 1.807) is 4.72 Å². The summed E-state index contributed by atoms with van der Waals surface area (Å²) >= 11 is 0. The van der Waals surface area contributed by atoms with Crippen molar-refractivity contribution in [1.82, 2.24) is 10.0 Å². The maximum atomic E-state index is 11.1. The van der Waals surface area contributed by atoms with Crippen molar-refractivity contribution in [2.24, 2.45) is 5.73 Å². The van der Waals surface area contributed by atoms with Crippen molar-refractivity contribution >= 4 is 16.1 Å². The number of hydrogen-bond acceptors (Lipinski definition) is 4. The third-order valence-electron chi connectivity index (χ3n) is 1.73. The van der Waals surface area contributed by atoms with Crippen molar-refractivity contribution in [2.45, 2.75) is 26.2 Å². The second-order valence-corrected chi connectivity index (χ2v) is 5.08. The fourth-order valence-corrected chi connectivity index (χ4v) is 1.95. The van der Waals surface area contributed by atoms with Gasteiger partial charge in [0.25, 0.3) is 0 Å². The van der Waals surface area contributed by atoms with Crippen LogP contribution in [0, 0.1) is 0 Å². The van der Waals surface area contributed by atoms with E-state index in [0.29, 0.717) is 13.0 Å². The first-order valence-electron chi connectivity index (χ1n) is 4.98. The Hall–Kier alpha value is -0.820. The zero-order valence-corrected chi connectivity index (χ0v) is 9.77. The van der Waals surface area contributed by atoms with E-state index in [4.69, 9.17) is 5.73 Å². The Balaban J connectivity index is 3.54. The molecule has 0 saturated heterocycles. The molecule has 0 unspecified atom stereocenters. The van der Waals surface area contributed by atoms with E-state index in [9.17, 15) is 13.2 Å². The first kappa shape index (κ1) is 14.2. The molecule has 7 heteroatoms. The van der Waals surface area contributed by atoms with Crippen LogP contribution in [0.3, 0.4) is 0 Å². The molecule has 0 aliphatic carbocycles. The summed E-state index contributed by atoms with van der Waals surface area (Å²) in [5, 5.41) is 3.10. The van der Waals surface area contributed by atoms with Crippen molar-refractivity contribution in [3.05, 3.63) is 0 Å². The van der Waals surface area contributed by atoms with Gasteiger partial charge in [0.05, 0.1) is 5.75 Å². The lowest BCUT2D eigenvalue weighted by molar-refractivity contribution is 0.253. The summed E-state index contributed by atoms with van der Waals surface area (Å²) in [5.74, 6) is -0.0882. The number of rotatable bonds is 8. The number of nitrogens with one attached hydrogen (secondary N) is 2. The Morgan fingerprint density at radius 3 is 2.40 bits per heavy atom. The highest BCUT2D eigenvalue weighted by Gasteiger charge is 2.10. The predicted octanol–water partition coefficient (Wildman–Crippen LogP) is -0.236. The first-order valence-corrected chi connectivity index (χ1v) is 6.64. The minimum atomic E-state index is -3.54. The number of primary amides is 1. The summed E-state index contributed by atoms with van der Waals surface area (Å²) in [6.07, 6.45) is 2.65. The molecule has 0 aromatic rings. The average Bonchev–Trinajstić information content (AvgIpc) is 2.08. The Kier molecular flexibility index (Phi) is 7.06. The lowest BCUT2D eigenvalue weighted by atomic mass is 10.3. The second kappa shape index (κ2) is 7.47. The highest BCUT2D eigenvalue weighted by Crippen LogP contribution is 1.89. The van der Waals surface area contributed by atoms with Crippen LogP contribution in [0.1, 0.15) is 26.2 Å². The van der Waals surface area contributed by atoms with Crippen LogP contribution in [0.5, 0.6) is 0 Å². The number of unbranched alkanes of at least 4 members (excludes halogenated alkanes) is 1. The summed E-state index contributed by atoms with van der Waals surface area (Å²) in [5.41, 5.74) is 4.70. The summed E-state index contributed by atoms with van der Waals surface area (Å²) in [4.78, 5) is 10.3. The van der Waals surface area contributed by atoms with Crippen LogP contribution in [0.4, 0.5) is 4.79 Å². The molecule has 0 saturated carbocycles. The topological polar surface area (TPSA) is 101 Å². The van der Waals surface area contributed by atoms with Gasteiger partial charge in [0.2, 0.25) is 10.0 Å². The van der Waals surface area contributed by atoms with Gasteiger partial charge in [-0.25, -0.2) is 17.9 Å². The molecule has 0 aliphatic heterocycles. The largest absolute Gasteiger partial charge is 0.351 e. The van der Waals surface area contributed by atoms with E-state index in [0.717, 1.165) is 19.4 Å². The van der Waals surface area contributed by atoms with Crippen LogP contribution in [0.15, 0.2) is 0 Å². The van der Waals surface area contributed by atoms with Gasteiger partial charge in [0.15, 0.2) is 0 Å². The van der Waals surface area contributed by atoms with Crippen LogP contribution in [0.25, 0.3) is 0 Å². The molecule has 0 aliphatic rings. The third kappa shape index (κ3) is 9.48. The molecule has 0 spiro atoms. The minimum absolute atomic E-state index is 0.0882. The van der Waals surface area contributed by atoms with Crippen LogP contribution < -0.4 is 15.8 Å². The van der Waals surface area contributed by atoms with Crippen LogP contribution >= 0.6 is 0 Å². The maximum Gasteiger partial charge on any atom is 0.325 e. The van der Waals surface area contributed by atoms with Crippen LogP contribution in [-0.4, -0.2) is 33.3 Å². The molecule has 0 rings (SSSR count). The van der Waals surface area contributed by atoms with Gasteiger partial charge in [-0.2, -0.15) is 0 Å². The predicted molar refractivity (Wildman–Crippen MR) is 58.9 cm³/mol. The highest BCUT2D eigenvalue weighted by atomic mass is 32.2. The van der Waals surface area contributed by atoms with Gasteiger partial charge in [0, 0.05) is 0 Å². The van der Waals surface area contributed by atoms with E-state index in [-0.39, 0.29) is 5.75 Å². The fraction of sp³-hybridized carbons (Fsp3) is 0.875. The second-order valence-electron chi connectivity index (χ2n) is 3.24. The number of carbonyl (C=O) groups is 1. The number of amides is 2. The molecular weight excluding hydrogens is 218 g/mol. The molecule has 0 aromatic heterocycles. The number of nitrogens with two attached hydrogens (primary N) is 1. The summed E-state index contributed by atoms with van der Waals surface area (Å²) in [6.45, 7) is 3.60. The SMILES string of the molecule is CCCCNCCCS(=O)(=O)NC(N)=O. The number of hydrogen-bond donors (Lipinski definition) is 3. The van der Waals surface area contributed by atoms with Gasteiger partial charge < -0.3 is 11.1 Å². The van der Waals surface area contributed by atoms with Gasteiger partial charge >= 0.3 is 6.03 Å². The summed E-state index contributed by atoms with van der Waals surface area (Å²) < 4.78 is 23.9. The molecular formula is C8H19N3O3S. The van der Waals surface area contributed by atoms with E-state index >= 15 is 0 Å². The Morgan fingerprint density at radius 1 is 1.27 bits per heavy atom. The molecule has 4 N–H and O–H groups in total. The van der Waals surface area contributed by atoms with Crippen LogP contribution in [0.2, 0.25) is 0 Å². The zero-order valence-electron chi connectivity index (χ0n) is 8.95. The highest BCUT2D eigenvalue weighted by molar-refractivity contribution is 7.90. The first-order chi connectivity index (χ1) is 6.98. The van der Waals surface area contributed by atoms with E-state index in [1.807, 2.05) is 0 Å². The zero-order chi connectivity index (χ0) is 11.7. The van der Waals surface area contributed by atoms with Gasteiger partial charge in [0.1, 0.15) is 0 Å². The molecule has 0 aromatic carbocycles. The fourth-order valence-electron chi connectivity index (χ4n) is 1.02. The van der Waals surface area contributed by atoms with Crippen molar-refractivity contribution in [1.29, 1.82) is 0 Å². The van der Waals surface area contributed by atoms with E-state index < -0.39 is 16.1 Å². The van der Waals surface area contributed by atoms with Crippen LogP contribution in [-0.2, 0) is 10.0 Å². The van der Waals surface area contributed by atoms with E-state index in [2.05, 4.69) is 12.2 Å². The van der Waals surface area contributed by atoms with Crippen molar-refractivity contribution < 1.29 is 13.2 Å². The minimum Gasteiger partial charge on any atom is -0.351 e. The molecule has 90 valence electrons. The van der Waals surface area contributed by atoms with Gasteiger partial charge in [-0.15, -0.1) is 0 Å². The van der Waals surface area contributed by atoms with Gasteiger partial charge in [-0.05, 0) is 25.9 Å². The molecule has 0 bridgehead atoms. The summed E-state index contributed by atoms with van der Waals surface area (Å²) in [7, 11) is -3.54. The quantitative estimate of drug-likeness (QED) is 0.507. The van der Waals surface area contributed by atoms with Gasteiger partial charge in [-0.3, -0.25) is 0 Å². The molecule has 15 heavy (non-hydrogen) atoms. The lowest BCUT2D eigenvalue weighted by Crippen LogP contribution is -2.37. The Morgan fingerprint density at radius 2 is 1.87 bits per heavy atom. The maximum absolute atomic E-state index is 11.1. The number of urea groups is 1. The Labute approximate surface area is 90.7 Å². The molecule has 0 heterocycles. The number of carbonyl (C=O) groups excluding carboxylic acids is 1. The molecule has 0 radical (unpaired) electrons. The van der Waals surface area contributed by atoms with Gasteiger partial charge in [-0.1, -0.05) is 13.3 Å². The Bertz CT molecular complexity index is 277.